The molecule has 5 nitrogen and oxygen atoms in total. The van der Waals surface area contributed by atoms with Crippen molar-refractivity contribution in [3.8, 4) is 11.3 Å². The van der Waals surface area contributed by atoms with Gasteiger partial charge in [-0.15, -0.1) is 0 Å². The summed E-state index contributed by atoms with van der Waals surface area (Å²) in [7, 11) is 0. The topological polar surface area (TPSA) is 66.9 Å². The molecule has 0 spiro atoms. The second kappa shape index (κ2) is 7.97. The highest BCUT2D eigenvalue weighted by molar-refractivity contribution is 6.33. The van der Waals surface area contributed by atoms with Gasteiger partial charge in [-0.3, -0.25) is 9.78 Å². The lowest BCUT2D eigenvalue weighted by molar-refractivity contribution is 0.102. The van der Waals surface area contributed by atoms with Crippen LogP contribution in [-0.4, -0.2) is 22.4 Å². The summed E-state index contributed by atoms with van der Waals surface area (Å²) in [6.45, 7) is 4.59. The number of aryl methyl sites for hydroxylation is 1. The van der Waals surface area contributed by atoms with Gasteiger partial charge in [-0.25, -0.2) is 4.98 Å². The van der Waals surface area contributed by atoms with Crippen molar-refractivity contribution in [2.75, 3.05) is 17.2 Å². The van der Waals surface area contributed by atoms with Gasteiger partial charge < -0.3 is 10.6 Å². The summed E-state index contributed by atoms with van der Waals surface area (Å²) in [4.78, 5) is 21.3. The Morgan fingerprint density at radius 2 is 2.00 bits per heavy atom. The fourth-order valence-electron chi connectivity index (χ4n) is 2.60. The molecular weight excluding hydrogens is 348 g/mol. The normalized spacial score (nSPS) is 10.4. The number of carbonyl (C=O) groups excluding carboxylic acids is 1. The Bertz CT molecular complexity index is 928. The summed E-state index contributed by atoms with van der Waals surface area (Å²) in [6, 6.07) is 14.5. The van der Waals surface area contributed by atoms with Crippen LogP contribution in [0.3, 0.4) is 0 Å². The van der Waals surface area contributed by atoms with Gasteiger partial charge in [0.1, 0.15) is 5.82 Å². The molecule has 0 aliphatic rings. The number of nitrogens with one attached hydrogen (secondary N) is 2. The summed E-state index contributed by atoms with van der Waals surface area (Å²) in [5, 5.41) is 6.61. The van der Waals surface area contributed by atoms with Gasteiger partial charge in [0.25, 0.3) is 5.91 Å². The minimum Gasteiger partial charge on any atom is -0.370 e. The molecular formula is C20H19ClN4O. The Balaban J connectivity index is 1.84. The molecule has 3 rings (SSSR count). The highest BCUT2D eigenvalue weighted by Crippen LogP contribution is 2.29. The zero-order valence-corrected chi connectivity index (χ0v) is 15.3. The molecule has 26 heavy (non-hydrogen) atoms. The van der Waals surface area contributed by atoms with Crippen LogP contribution in [0, 0.1) is 6.92 Å². The molecule has 2 aromatic heterocycles. The first-order valence-corrected chi connectivity index (χ1v) is 8.70. The fourth-order valence-corrected chi connectivity index (χ4v) is 2.81. The number of rotatable bonds is 5. The molecule has 0 fully saturated rings. The molecule has 0 saturated carbocycles. The molecule has 0 saturated heterocycles. The van der Waals surface area contributed by atoms with Crippen LogP contribution in [0.25, 0.3) is 11.3 Å². The molecule has 3 aromatic rings. The lowest BCUT2D eigenvalue weighted by atomic mass is 10.1. The molecule has 1 aromatic carbocycles. The summed E-state index contributed by atoms with van der Waals surface area (Å²) in [6.07, 6.45) is 1.71. The second-order valence-electron chi connectivity index (χ2n) is 5.72. The Morgan fingerprint density at radius 1 is 1.15 bits per heavy atom. The van der Waals surface area contributed by atoms with Gasteiger partial charge in [0.15, 0.2) is 0 Å². The number of nitrogens with zero attached hydrogens (tertiary/aromatic N) is 2. The first kappa shape index (κ1) is 17.9. The number of hydrogen-bond donors (Lipinski definition) is 2. The van der Waals surface area contributed by atoms with Crippen LogP contribution in [0.15, 0.2) is 54.7 Å². The Hall–Kier alpha value is -2.92. The van der Waals surface area contributed by atoms with Crippen molar-refractivity contribution in [2.45, 2.75) is 13.8 Å². The van der Waals surface area contributed by atoms with Crippen molar-refractivity contribution in [3.05, 3.63) is 71.0 Å². The number of amides is 1. The third kappa shape index (κ3) is 4.00. The maximum absolute atomic E-state index is 12.6. The van der Waals surface area contributed by atoms with Gasteiger partial charge in [0.05, 0.1) is 22.0 Å². The number of anilines is 2. The lowest BCUT2D eigenvalue weighted by Gasteiger charge is -2.11. The number of aromatic nitrogens is 2. The van der Waals surface area contributed by atoms with E-state index in [1.807, 2.05) is 38.1 Å². The zero-order valence-electron chi connectivity index (χ0n) is 14.6. The smallest absolute Gasteiger partial charge is 0.257 e. The summed E-state index contributed by atoms with van der Waals surface area (Å²) < 4.78 is 0. The zero-order chi connectivity index (χ0) is 18.5. The SMILES string of the molecule is CCNc1ccc(C(=O)Nc2ccc(Cl)c(-c3ccccn3)c2)c(C)n1. The van der Waals surface area contributed by atoms with E-state index < -0.39 is 0 Å². The van der Waals surface area contributed by atoms with Crippen molar-refractivity contribution >= 4 is 29.0 Å². The van der Waals surface area contributed by atoms with Gasteiger partial charge in [-0.2, -0.15) is 0 Å². The first-order valence-electron chi connectivity index (χ1n) is 8.32. The molecule has 0 atom stereocenters. The van der Waals surface area contributed by atoms with Crippen molar-refractivity contribution in [1.29, 1.82) is 0 Å². The average molecular weight is 367 g/mol. The minimum absolute atomic E-state index is 0.215. The predicted octanol–water partition coefficient (Wildman–Crippen LogP) is 4.79. The van der Waals surface area contributed by atoms with Crippen molar-refractivity contribution < 1.29 is 4.79 Å². The van der Waals surface area contributed by atoms with E-state index in [4.69, 9.17) is 11.6 Å². The molecule has 0 aliphatic heterocycles. The van der Waals surface area contributed by atoms with Crippen LogP contribution in [0.1, 0.15) is 23.0 Å². The van der Waals surface area contributed by atoms with Crippen LogP contribution < -0.4 is 10.6 Å². The molecule has 0 unspecified atom stereocenters. The van der Waals surface area contributed by atoms with Crippen LogP contribution in [0.4, 0.5) is 11.5 Å². The standard InChI is InChI=1S/C20H19ClN4O/c1-3-22-19-10-8-15(13(2)24-19)20(26)25-14-7-9-17(21)16(12-14)18-6-4-5-11-23-18/h4-12H,3H2,1-2H3,(H,22,24)(H,25,26). The number of carbonyl (C=O) groups is 1. The minimum atomic E-state index is -0.215. The molecule has 0 bridgehead atoms. The van der Waals surface area contributed by atoms with Crippen LogP contribution in [-0.2, 0) is 0 Å². The number of pyridine rings is 2. The summed E-state index contributed by atoms with van der Waals surface area (Å²) >= 11 is 6.29. The Kier molecular flexibility index (Phi) is 5.49. The van der Waals surface area contributed by atoms with E-state index in [0.717, 1.165) is 23.6 Å². The van der Waals surface area contributed by atoms with Gasteiger partial charge in [0.2, 0.25) is 0 Å². The fraction of sp³-hybridized carbons (Fsp3) is 0.150. The maximum atomic E-state index is 12.6. The van der Waals surface area contributed by atoms with E-state index in [-0.39, 0.29) is 5.91 Å². The van der Waals surface area contributed by atoms with Crippen LogP contribution in [0.5, 0.6) is 0 Å². The first-order chi connectivity index (χ1) is 12.6. The van der Waals surface area contributed by atoms with Crippen molar-refractivity contribution in [2.24, 2.45) is 0 Å². The van der Waals surface area contributed by atoms with Crippen molar-refractivity contribution in [3.63, 3.8) is 0 Å². The largest absolute Gasteiger partial charge is 0.370 e. The van der Waals surface area contributed by atoms with E-state index in [9.17, 15) is 4.79 Å². The van der Waals surface area contributed by atoms with Crippen molar-refractivity contribution in [1.82, 2.24) is 9.97 Å². The molecule has 1 amide bonds. The quantitative estimate of drug-likeness (QED) is 0.681. The summed E-state index contributed by atoms with van der Waals surface area (Å²) in [5.74, 6) is 0.540. The monoisotopic (exact) mass is 366 g/mol. The number of benzene rings is 1. The second-order valence-corrected chi connectivity index (χ2v) is 6.13. The average Bonchev–Trinajstić information content (AvgIpc) is 2.64. The highest BCUT2D eigenvalue weighted by Gasteiger charge is 2.13. The van der Waals surface area contributed by atoms with E-state index in [1.54, 1.807) is 30.5 Å². The van der Waals surface area contributed by atoms with Gasteiger partial charge in [-0.1, -0.05) is 17.7 Å². The molecule has 132 valence electrons. The predicted molar refractivity (Wildman–Crippen MR) is 106 cm³/mol. The lowest BCUT2D eigenvalue weighted by Crippen LogP contribution is -2.14. The van der Waals surface area contributed by atoms with Gasteiger partial charge in [-0.05, 0) is 56.3 Å². The molecule has 2 N–H and O–H groups in total. The summed E-state index contributed by atoms with van der Waals surface area (Å²) in [5.41, 5.74) is 3.36. The Labute approximate surface area is 157 Å². The molecule has 0 aliphatic carbocycles. The van der Waals surface area contributed by atoms with Crippen LogP contribution in [0.2, 0.25) is 5.02 Å². The Morgan fingerprint density at radius 3 is 2.69 bits per heavy atom. The maximum Gasteiger partial charge on any atom is 0.257 e. The van der Waals surface area contributed by atoms with E-state index in [2.05, 4.69) is 20.6 Å². The number of halogens is 1. The number of hydrogen-bond acceptors (Lipinski definition) is 4. The van der Waals surface area contributed by atoms with E-state index in [0.29, 0.717) is 22.0 Å². The molecule has 0 radical (unpaired) electrons. The van der Waals surface area contributed by atoms with Crippen LogP contribution >= 0.6 is 11.6 Å². The highest BCUT2D eigenvalue weighted by atomic mass is 35.5. The molecule has 6 heteroatoms. The van der Waals surface area contributed by atoms with E-state index in [1.165, 1.54) is 0 Å². The molecule has 2 heterocycles. The van der Waals surface area contributed by atoms with E-state index >= 15 is 0 Å². The third-order valence-corrected chi connectivity index (χ3v) is 4.18. The van der Waals surface area contributed by atoms with Gasteiger partial charge >= 0.3 is 0 Å². The van der Waals surface area contributed by atoms with Gasteiger partial charge in [0, 0.05) is 24.0 Å². The third-order valence-electron chi connectivity index (χ3n) is 3.85.